The van der Waals surface area contributed by atoms with Crippen LogP contribution in [0, 0.1) is 23.0 Å². The van der Waals surface area contributed by atoms with Gasteiger partial charge in [0.25, 0.3) is 11.6 Å². The Bertz CT molecular complexity index is 1110. The van der Waals surface area contributed by atoms with Crippen LogP contribution in [-0.2, 0) is 9.59 Å². The van der Waals surface area contributed by atoms with Crippen LogP contribution in [0.2, 0.25) is 0 Å². The fraction of sp³-hybridized carbons (Fsp3) is 0.286. The maximum Gasteiger partial charge on any atom is 0.326 e. The Morgan fingerprint density at radius 3 is 2.68 bits per heavy atom. The van der Waals surface area contributed by atoms with Crippen LogP contribution >= 0.6 is 24.0 Å². The monoisotopic (exact) mass is 460 g/mol. The molecule has 1 aliphatic rings. The van der Waals surface area contributed by atoms with Crippen LogP contribution in [0.15, 0.2) is 39.7 Å². The Hall–Kier alpha value is -2.98. The van der Waals surface area contributed by atoms with Crippen molar-refractivity contribution < 1.29 is 24.0 Å². The van der Waals surface area contributed by atoms with Crippen molar-refractivity contribution in [3.05, 3.63) is 56.7 Å². The number of carbonyl (C=O) groups excluding carboxylic acids is 1. The van der Waals surface area contributed by atoms with Crippen molar-refractivity contribution in [2.24, 2.45) is 5.92 Å². The molecule has 10 heteroatoms. The average Bonchev–Trinajstić information content (AvgIpc) is 3.24. The number of nitrogens with zero attached hydrogens (tertiary/aromatic N) is 2. The minimum atomic E-state index is -1.11. The van der Waals surface area contributed by atoms with E-state index >= 15 is 0 Å². The number of carboxylic acid groups (broad SMARTS) is 1. The van der Waals surface area contributed by atoms with Gasteiger partial charge in [-0.3, -0.25) is 19.8 Å². The first-order valence-electron chi connectivity index (χ1n) is 9.43. The topological polar surface area (TPSA) is 114 Å². The number of carbonyl (C=O) groups is 2. The molecule has 3 rings (SSSR count). The normalized spacial score (nSPS) is 16.4. The van der Waals surface area contributed by atoms with Gasteiger partial charge in [0.15, 0.2) is 0 Å². The molecule has 162 valence electrons. The molecule has 1 fully saturated rings. The smallest absolute Gasteiger partial charge is 0.326 e. The minimum absolute atomic E-state index is 0.0626. The molecule has 1 aromatic heterocycles. The molecule has 1 amide bonds. The number of thiocarbonyl (C=S) groups is 1. The zero-order valence-corrected chi connectivity index (χ0v) is 18.7. The number of benzene rings is 1. The highest BCUT2D eigenvalue weighted by molar-refractivity contribution is 8.26. The molecule has 1 N–H and O–H groups in total. The summed E-state index contributed by atoms with van der Waals surface area (Å²) < 4.78 is 5.90. The number of carboxylic acids is 1. The summed E-state index contributed by atoms with van der Waals surface area (Å²) >= 11 is 6.26. The molecule has 1 aliphatic heterocycles. The number of thioether (sulfide) groups is 1. The molecule has 1 unspecified atom stereocenters. The van der Waals surface area contributed by atoms with Gasteiger partial charge in [-0.1, -0.05) is 43.9 Å². The van der Waals surface area contributed by atoms with E-state index in [9.17, 15) is 24.8 Å². The summed E-state index contributed by atoms with van der Waals surface area (Å²) in [6.45, 7) is 5.51. The molecule has 0 spiro atoms. The maximum atomic E-state index is 12.9. The summed E-state index contributed by atoms with van der Waals surface area (Å²) in [5, 5.41) is 20.9. The molecule has 2 aromatic rings. The SMILES string of the molecule is Cc1ccc(-c2ccc(C=C3SC(=S)N(C(CC(C)C)C(=O)O)C3=O)o2)c([N+](=O)[O-])c1. The van der Waals surface area contributed by atoms with Gasteiger partial charge in [0.1, 0.15) is 21.9 Å². The predicted octanol–water partition coefficient (Wildman–Crippen LogP) is 4.86. The Kier molecular flexibility index (Phi) is 6.61. The van der Waals surface area contributed by atoms with Crippen molar-refractivity contribution in [3.8, 4) is 11.3 Å². The summed E-state index contributed by atoms with van der Waals surface area (Å²) in [7, 11) is 0. The maximum absolute atomic E-state index is 12.9. The molecule has 31 heavy (non-hydrogen) atoms. The molecule has 1 atom stereocenters. The Morgan fingerprint density at radius 2 is 2.06 bits per heavy atom. The molecule has 1 aromatic carbocycles. The standard InChI is InChI=1S/C21H20N2O6S2/c1-11(2)8-16(20(25)26)22-19(24)18(31-21(22)30)10-13-5-7-17(29-13)14-6-4-12(3)9-15(14)23(27)28/h4-7,9-11,16H,8H2,1-3H3,(H,25,26). The van der Waals surface area contributed by atoms with Crippen molar-refractivity contribution in [1.82, 2.24) is 4.90 Å². The first-order chi connectivity index (χ1) is 14.6. The van der Waals surface area contributed by atoms with E-state index in [-0.39, 0.29) is 33.0 Å². The van der Waals surface area contributed by atoms with Gasteiger partial charge in [-0.15, -0.1) is 0 Å². The van der Waals surface area contributed by atoms with Crippen molar-refractivity contribution in [2.75, 3.05) is 0 Å². The van der Waals surface area contributed by atoms with Crippen LogP contribution in [0.4, 0.5) is 5.69 Å². The van der Waals surface area contributed by atoms with Crippen molar-refractivity contribution in [2.45, 2.75) is 33.2 Å². The average molecular weight is 461 g/mol. The lowest BCUT2D eigenvalue weighted by Crippen LogP contribution is -2.44. The van der Waals surface area contributed by atoms with E-state index in [0.29, 0.717) is 11.3 Å². The zero-order valence-electron chi connectivity index (χ0n) is 17.0. The van der Waals surface area contributed by atoms with E-state index in [4.69, 9.17) is 16.6 Å². The fourth-order valence-electron chi connectivity index (χ4n) is 3.22. The quantitative estimate of drug-likeness (QED) is 0.270. The lowest BCUT2D eigenvalue weighted by molar-refractivity contribution is -0.384. The summed E-state index contributed by atoms with van der Waals surface area (Å²) in [6, 6.07) is 6.96. The predicted molar refractivity (Wildman–Crippen MR) is 121 cm³/mol. The second kappa shape index (κ2) is 9.03. The Morgan fingerprint density at radius 1 is 1.35 bits per heavy atom. The minimum Gasteiger partial charge on any atom is -0.480 e. The number of aryl methyl sites for hydroxylation is 1. The van der Waals surface area contributed by atoms with Gasteiger partial charge in [-0.05, 0) is 43.0 Å². The highest BCUT2D eigenvalue weighted by Crippen LogP contribution is 2.37. The fourth-order valence-corrected chi connectivity index (χ4v) is 4.55. The molecule has 0 radical (unpaired) electrons. The van der Waals surface area contributed by atoms with Crippen molar-refractivity contribution >= 4 is 51.9 Å². The van der Waals surface area contributed by atoms with E-state index in [0.717, 1.165) is 22.2 Å². The number of nitro groups is 1. The summed E-state index contributed by atoms with van der Waals surface area (Å²) in [4.78, 5) is 36.8. The van der Waals surface area contributed by atoms with Crippen LogP contribution in [-0.4, -0.2) is 37.2 Å². The van der Waals surface area contributed by atoms with Gasteiger partial charge in [-0.2, -0.15) is 0 Å². The van der Waals surface area contributed by atoms with Crippen LogP contribution in [0.3, 0.4) is 0 Å². The van der Waals surface area contributed by atoms with Crippen LogP contribution in [0.5, 0.6) is 0 Å². The number of furan rings is 1. The summed E-state index contributed by atoms with van der Waals surface area (Å²) in [5.41, 5.74) is 0.996. The molecule has 0 aliphatic carbocycles. The molecule has 2 heterocycles. The van der Waals surface area contributed by atoms with Gasteiger partial charge in [0.05, 0.1) is 15.4 Å². The second-order valence-corrected chi connectivity index (χ2v) is 9.19. The van der Waals surface area contributed by atoms with E-state index in [1.165, 1.54) is 12.1 Å². The zero-order chi connectivity index (χ0) is 22.9. The molecule has 0 bridgehead atoms. The molecular weight excluding hydrogens is 440 g/mol. The molecule has 8 nitrogen and oxygen atoms in total. The summed E-state index contributed by atoms with van der Waals surface area (Å²) in [6.07, 6.45) is 1.74. The van der Waals surface area contributed by atoms with Gasteiger partial charge >= 0.3 is 5.97 Å². The number of aliphatic carboxylic acids is 1. The molecule has 0 saturated carbocycles. The van der Waals surface area contributed by atoms with E-state index in [1.54, 1.807) is 31.2 Å². The van der Waals surface area contributed by atoms with Gasteiger partial charge in [0, 0.05) is 12.1 Å². The van der Waals surface area contributed by atoms with Gasteiger partial charge in [-0.25, -0.2) is 4.79 Å². The van der Waals surface area contributed by atoms with Gasteiger partial charge < -0.3 is 9.52 Å². The number of nitro benzene ring substituents is 1. The van der Waals surface area contributed by atoms with Crippen molar-refractivity contribution in [3.63, 3.8) is 0 Å². The van der Waals surface area contributed by atoms with E-state index in [2.05, 4.69) is 0 Å². The number of amides is 1. The third-order valence-electron chi connectivity index (χ3n) is 4.63. The van der Waals surface area contributed by atoms with Gasteiger partial charge in [0.2, 0.25) is 0 Å². The third kappa shape index (κ3) is 4.86. The van der Waals surface area contributed by atoms with Crippen molar-refractivity contribution in [1.29, 1.82) is 0 Å². The first kappa shape index (κ1) is 22.7. The first-order valence-corrected chi connectivity index (χ1v) is 10.7. The van der Waals surface area contributed by atoms with Crippen LogP contribution in [0.25, 0.3) is 17.4 Å². The number of hydrogen-bond acceptors (Lipinski definition) is 7. The lowest BCUT2D eigenvalue weighted by atomic mass is 10.0. The molecule has 1 saturated heterocycles. The highest BCUT2D eigenvalue weighted by Gasteiger charge is 2.40. The largest absolute Gasteiger partial charge is 0.480 e. The second-order valence-electron chi connectivity index (χ2n) is 7.52. The lowest BCUT2D eigenvalue weighted by Gasteiger charge is -2.24. The molecular formula is C21H20N2O6S2. The third-order valence-corrected chi connectivity index (χ3v) is 5.96. The Balaban J connectivity index is 1.90. The van der Waals surface area contributed by atoms with Crippen LogP contribution in [0.1, 0.15) is 31.6 Å². The van der Waals surface area contributed by atoms with Crippen LogP contribution < -0.4 is 0 Å². The van der Waals surface area contributed by atoms with E-state index < -0.39 is 22.8 Å². The number of hydrogen-bond donors (Lipinski definition) is 1. The summed E-state index contributed by atoms with van der Waals surface area (Å²) in [5.74, 6) is -0.953. The Labute approximate surface area is 188 Å². The number of rotatable bonds is 7. The highest BCUT2D eigenvalue weighted by atomic mass is 32.2. The van der Waals surface area contributed by atoms with E-state index in [1.807, 2.05) is 13.8 Å².